The van der Waals surface area contributed by atoms with Gasteiger partial charge in [-0.25, -0.2) is 0 Å². The fourth-order valence-corrected chi connectivity index (χ4v) is 3.06. The Hall–Kier alpha value is -2.22. The molecule has 0 saturated carbocycles. The maximum absolute atomic E-state index is 5.84. The van der Waals surface area contributed by atoms with Crippen LogP contribution in [0.1, 0.15) is 24.5 Å². The zero-order valence-electron chi connectivity index (χ0n) is 12.6. The highest BCUT2D eigenvalue weighted by atomic mass is 16.5. The molecule has 0 bridgehead atoms. The summed E-state index contributed by atoms with van der Waals surface area (Å²) >= 11 is 0. The van der Waals surface area contributed by atoms with Gasteiger partial charge in [-0.1, -0.05) is 49.9 Å². The lowest BCUT2D eigenvalue weighted by Crippen LogP contribution is -2.24. The second-order valence-corrected chi connectivity index (χ2v) is 5.83. The first-order valence-corrected chi connectivity index (χ1v) is 7.17. The molecule has 1 atom stereocenters. The van der Waals surface area contributed by atoms with Crippen molar-refractivity contribution in [3.05, 3.63) is 66.2 Å². The first kappa shape index (κ1) is 13.7. The number of allylic oxidation sites excluding steroid dienone is 1. The Morgan fingerprint density at radius 3 is 2.71 bits per heavy atom. The van der Waals surface area contributed by atoms with Crippen LogP contribution in [0, 0.1) is 0 Å². The van der Waals surface area contributed by atoms with Crippen LogP contribution < -0.4 is 9.47 Å². The summed E-state index contributed by atoms with van der Waals surface area (Å²) in [6.07, 6.45) is 0.852. The van der Waals surface area contributed by atoms with Crippen LogP contribution in [0.15, 0.2) is 55.1 Å². The molecule has 0 aliphatic carbocycles. The summed E-state index contributed by atoms with van der Waals surface area (Å²) in [5.41, 5.74) is 3.39. The molecule has 0 spiro atoms. The molecule has 2 nitrogen and oxygen atoms in total. The SMILES string of the molecule is C=C(CC1(C)COc2ccccc21)c1ccccc1OC. The lowest BCUT2D eigenvalue weighted by atomic mass is 9.78. The van der Waals surface area contributed by atoms with Gasteiger partial charge in [0.15, 0.2) is 0 Å². The van der Waals surface area contributed by atoms with E-state index in [1.807, 2.05) is 30.3 Å². The molecule has 3 rings (SSSR count). The van der Waals surface area contributed by atoms with E-state index in [1.54, 1.807) is 7.11 Å². The molecule has 0 amide bonds. The Morgan fingerprint density at radius 1 is 1.19 bits per heavy atom. The Labute approximate surface area is 126 Å². The van der Waals surface area contributed by atoms with Gasteiger partial charge in [-0.05, 0) is 24.1 Å². The highest BCUT2D eigenvalue weighted by Crippen LogP contribution is 2.44. The summed E-state index contributed by atoms with van der Waals surface area (Å²) in [6.45, 7) is 7.21. The largest absolute Gasteiger partial charge is 0.496 e. The highest BCUT2D eigenvalue weighted by molar-refractivity contribution is 5.70. The van der Waals surface area contributed by atoms with Crippen LogP contribution in [0.5, 0.6) is 11.5 Å². The maximum Gasteiger partial charge on any atom is 0.126 e. The summed E-state index contributed by atoms with van der Waals surface area (Å²) in [4.78, 5) is 0. The van der Waals surface area contributed by atoms with E-state index in [-0.39, 0.29) is 5.41 Å². The molecule has 0 N–H and O–H groups in total. The van der Waals surface area contributed by atoms with Crippen LogP contribution in [0.3, 0.4) is 0 Å². The van der Waals surface area contributed by atoms with Gasteiger partial charge in [0.2, 0.25) is 0 Å². The molecule has 0 fully saturated rings. The van der Waals surface area contributed by atoms with Gasteiger partial charge in [-0.2, -0.15) is 0 Å². The van der Waals surface area contributed by atoms with Gasteiger partial charge in [-0.3, -0.25) is 0 Å². The number of hydrogen-bond acceptors (Lipinski definition) is 2. The molecule has 108 valence electrons. The van der Waals surface area contributed by atoms with Crippen LogP contribution >= 0.6 is 0 Å². The summed E-state index contributed by atoms with van der Waals surface area (Å²) in [7, 11) is 1.70. The number of fused-ring (bicyclic) bond motifs is 1. The Balaban J connectivity index is 1.89. The topological polar surface area (TPSA) is 18.5 Å². The van der Waals surface area contributed by atoms with E-state index < -0.39 is 0 Å². The lowest BCUT2D eigenvalue weighted by molar-refractivity contribution is 0.281. The van der Waals surface area contributed by atoms with E-state index in [4.69, 9.17) is 9.47 Å². The molecule has 2 aromatic rings. The molecule has 0 aromatic heterocycles. The average molecular weight is 280 g/mol. The van der Waals surface area contributed by atoms with Crippen LogP contribution in [0.25, 0.3) is 5.57 Å². The second kappa shape index (κ2) is 5.28. The molecular formula is C19H20O2. The Bertz CT molecular complexity index is 675. The van der Waals surface area contributed by atoms with Crippen LogP contribution in [-0.2, 0) is 5.41 Å². The molecule has 1 aliphatic rings. The van der Waals surface area contributed by atoms with E-state index >= 15 is 0 Å². The summed E-state index contributed by atoms with van der Waals surface area (Å²) in [5.74, 6) is 1.87. The van der Waals surface area contributed by atoms with E-state index in [2.05, 4.69) is 31.7 Å². The third kappa shape index (κ3) is 2.42. The monoisotopic (exact) mass is 280 g/mol. The summed E-state index contributed by atoms with van der Waals surface area (Å²) in [5, 5.41) is 0. The molecule has 0 saturated heterocycles. The standard InChI is InChI=1S/C19H20O2/c1-14(15-8-4-6-10-17(15)20-3)12-19(2)13-21-18-11-7-5-9-16(18)19/h4-11H,1,12-13H2,2-3H3. The first-order chi connectivity index (χ1) is 10.1. The molecular weight excluding hydrogens is 260 g/mol. The van der Waals surface area contributed by atoms with Crippen molar-refractivity contribution in [1.82, 2.24) is 0 Å². The van der Waals surface area contributed by atoms with Crippen molar-refractivity contribution in [2.75, 3.05) is 13.7 Å². The molecule has 21 heavy (non-hydrogen) atoms. The van der Waals surface area contributed by atoms with Gasteiger partial charge >= 0.3 is 0 Å². The smallest absolute Gasteiger partial charge is 0.126 e. The minimum absolute atomic E-state index is 0.0332. The lowest BCUT2D eigenvalue weighted by Gasteiger charge is -2.24. The van der Waals surface area contributed by atoms with Crippen molar-refractivity contribution in [2.24, 2.45) is 0 Å². The molecule has 1 heterocycles. The Kier molecular flexibility index (Phi) is 3.46. The van der Waals surface area contributed by atoms with E-state index in [1.165, 1.54) is 5.56 Å². The number of hydrogen-bond donors (Lipinski definition) is 0. The zero-order chi connectivity index (χ0) is 14.9. The minimum atomic E-state index is -0.0332. The summed E-state index contributed by atoms with van der Waals surface area (Å²) in [6, 6.07) is 16.3. The number of para-hydroxylation sites is 2. The van der Waals surface area contributed by atoms with Crippen LogP contribution in [0.2, 0.25) is 0 Å². The third-order valence-electron chi connectivity index (χ3n) is 4.17. The number of rotatable bonds is 4. The predicted molar refractivity (Wildman–Crippen MR) is 85.9 cm³/mol. The van der Waals surface area contributed by atoms with E-state index in [0.717, 1.165) is 29.1 Å². The normalized spacial score (nSPS) is 19.7. The fraction of sp³-hybridized carbons (Fsp3) is 0.263. The summed E-state index contributed by atoms with van der Waals surface area (Å²) < 4.78 is 11.3. The van der Waals surface area contributed by atoms with Gasteiger partial charge in [-0.15, -0.1) is 0 Å². The molecule has 2 aromatic carbocycles. The molecule has 0 radical (unpaired) electrons. The highest BCUT2D eigenvalue weighted by Gasteiger charge is 2.36. The number of ether oxygens (including phenoxy) is 2. The first-order valence-electron chi connectivity index (χ1n) is 7.17. The van der Waals surface area contributed by atoms with Gasteiger partial charge in [0.05, 0.1) is 13.7 Å². The van der Waals surface area contributed by atoms with Crippen molar-refractivity contribution >= 4 is 5.57 Å². The van der Waals surface area contributed by atoms with Crippen molar-refractivity contribution in [3.63, 3.8) is 0 Å². The molecule has 1 unspecified atom stereocenters. The predicted octanol–water partition coefficient (Wildman–Crippen LogP) is 4.45. The second-order valence-electron chi connectivity index (χ2n) is 5.83. The maximum atomic E-state index is 5.84. The van der Waals surface area contributed by atoms with Crippen molar-refractivity contribution in [3.8, 4) is 11.5 Å². The number of benzene rings is 2. The van der Waals surface area contributed by atoms with Gasteiger partial charge < -0.3 is 9.47 Å². The average Bonchev–Trinajstić information content (AvgIpc) is 2.85. The van der Waals surface area contributed by atoms with Crippen LogP contribution in [0.4, 0.5) is 0 Å². The van der Waals surface area contributed by atoms with Crippen LogP contribution in [-0.4, -0.2) is 13.7 Å². The molecule has 1 aliphatic heterocycles. The Morgan fingerprint density at radius 2 is 1.90 bits per heavy atom. The third-order valence-corrected chi connectivity index (χ3v) is 4.17. The minimum Gasteiger partial charge on any atom is -0.496 e. The van der Waals surface area contributed by atoms with E-state index in [0.29, 0.717) is 6.61 Å². The van der Waals surface area contributed by atoms with Crippen molar-refractivity contribution in [2.45, 2.75) is 18.8 Å². The van der Waals surface area contributed by atoms with E-state index in [9.17, 15) is 0 Å². The van der Waals surface area contributed by atoms with Gasteiger partial charge in [0.25, 0.3) is 0 Å². The quantitative estimate of drug-likeness (QED) is 0.823. The zero-order valence-corrected chi connectivity index (χ0v) is 12.6. The molecule has 2 heteroatoms. The fourth-order valence-electron chi connectivity index (χ4n) is 3.06. The van der Waals surface area contributed by atoms with Gasteiger partial charge in [0.1, 0.15) is 11.5 Å². The number of methoxy groups -OCH3 is 1. The van der Waals surface area contributed by atoms with Crippen molar-refractivity contribution < 1.29 is 9.47 Å². The van der Waals surface area contributed by atoms with Gasteiger partial charge in [0, 0.05) is 16.5 Å². The van der Waals surface area contributed by atoms with Crippen molar-refractivity contribution in [1.29, 1.82) is 0 Å².